The van der Waals surface area contributed by atoms with Gasteiger partial charge in [0.15, 0.2) is 16.8 Å². The molecule has 10 heteroatoms. The first-order valence-electron chi connectivity index (χ1n) is 10.8. The summed E-state index contributed by atoms with van der Waals surface area (Å²) < 4.78 is 7.99. The van der Waals surface area contributed by atoms with Gasteiger partial charge >= 0.3 is 5.97 Å². The number of nitrogens with zero attached hydrogens (tertiary/aromatic N) is 4. The lowest BCUT2D eigenvalue weighted by Gasteiger charge is -2.19. The minimum absolute atomic E-state index is 0.0785. The lowest BCUT2D eigenvalue weighted by atomic mass is 9.99. The maximum atomic E-state index is 13.4. The molecule has 0 aliphatic carbocycles. The van der Waals surface area contributed by atoms with Gasteiger partial charge in [0.2, 0.25) is 0 Å². The van der Waals surface area contributed by atoms with Crippen molar-refractivity contribution < 1.29 is 14.3 Å². The average Bonchev–Trinajstić information content (AvgIpc) is 3.26. The van der Waals surface area contributed by atoms with Crippen LogP contribution in [0.1, 0.15) is 40.1 Å². The third-order valence-electron chi connectivity index (χ3n) is 5.82. The first-order chi connectivity index (χ1) is 16.7. The second kappa shape index (κ2) is 8.52. The van der Waals surface area contributed by atoms with Crippen molar-refractivity contribution in [3.05, 3.63) is 86.7 Å². The molecule has 0 fully saturated rings. The normalized spacial score (nSPS) is 12.2. The molecule has 0 saturated heterocycles. The number of carbonyl (C=O) groups is 1. The molecule has 5 aromatic rings. The number of benzene rings is 1. The number of pyridine rings is 1. The van der Waals surface area contributed by atoms with Crippen molar-refractivity contribution in [1.82, 2.24) is 19.6 Å². The minimum Gasteiger partial charge on any atom is -0.476 e. The zero-order chi connectivity index (χ0) is 24.9. The number of aryl methyl sites for hydroxylation is 1. The molecular weight excluding hydrogens is 470 g/mol. The van der Waals surface area contributed by atoms with Crippen molar-refractivity contribution in [2.24, 2.45) is 0 Å². The molecular formula is C25H20ClN5O4. The third kappa shape index (κ3) is 3.89. The summed E-state index contributed by atoms with van der Waals surface area (Å²) in [7, 11) is 0. The molecule has 4 aromatic heterocycles. The predicted octanol–water partition coefficient (Wildman–Crippen LogP) is 5.04. The number of hydrogen-bond acceptors (Lipinski definition) is 7. The Bertz CT molecular complexity index is 1690. The average molecular weight is 490 g/mol. The molecule has 5 rings (SSSR count). The van der Waals surface area contributed by atoms with Crippen LogP contribution in [0.3, 0.4) is 0 Å². The number of rotatable bonds is 5. The van der Waals surface area contributed by atoms with Crippen molar-refractivity contribution >= 4 is 39.9 Å². The van der Waals surface area contributed by atoms with Crippen LogP contribution < -0.4 is 10.7 Å². The van der Waals surface area contributed by atoms with Crippen LogP contribution in [0, 0.1) is 13.8 Å². The molecule has 0 radical (unpaired) electrons. The summed E-state index contributed by atoms with van der Waals surface area (Å²) in [4.78, 5) is 33.4. The molecule has 0 aliphatic heterocycles. The Morgan fingerprint density at radius 3 is 2.83 bits per heavy atom. The van der Waals surface area contributed by atoms with Gasteiger partial charge in [-0.2, -0.15) is 5.10 Å². The molecule has 35 heavy (non-hydrogen) atoms. The van der Waals surface area contributed by atoms with Crippen LogP contribution in [0.5, 0.6) is 0 Å². The predicted molar refractivity (Wildman–Crippen MR) is 132 cm³/mol. The van der Waals surface area contributed by atoms with Crippen LogP contribution in [-0.2, 0) is 0 Å². The van der Waals surface area contributed by atoms with Crippen molar-refractivity contribution in [3.63, 3.8) is 0 Å². The molecule has 9 nitrogen and oxygen atoms in total. The van der Waals surface area contributed by atoms with E-state index in [2.05, 4.69) is 20.4 Å². The summed E-state index contributed by atoms with van der Waals surface area (Å²) in [5.74, 6) is -0.825. The summed E-state index contributed by atoms with van der Waals surface area (Å²) in [6.45, 7) is 5.46. The van der Waals surface area contributed by atoms with Crippen molar-refractivity contribution in [1.29, 1.82) is 0 Å². The Morgan fingerprint density at radius 1 is 1.26 bits per heavy atom. The van der Waals surface area contributed by atoms with Crippen LogP contribution in [0.4, 0.5) is 5.69 Å². The van der Waals surface area contributed by atoms with E-state index in [1.807, 2.05) is 19.9 Å². The van der Waals surface area contributed by atoms with Crippen LogP contribution in [0.15, 0.2) is 58.1 Å². The highest BCUT2D eigenvalue weighted by Crippen LogP contribution is 2.33. The van der Waals surface area contributed by atoms with E-state index < -0.39 is 12.0 Å². The molecule has 176 valence electrons. The summed E-state index contributed by atoms with van der Waals surface area (Å²) >= 11 is 5.89. The van der Waals surface area contributed by atoms with Gasteiger partial charge in [-0.05, 0) is 50.6 Å². The van der Waals surface area contributed by atoms with Gasteiger partial charge in [0.25, 0.3) is 0 Å². The fourth-order valence-electron chi connectivity index (χ4n) is 4.16. The van der Waals surface area contributed by atoms with E-state index in [4.69, 9.17) is 16.0 Å². The van der Waals surface area contributed by atoms with Crippen LogP contribution in [-0.4, -0.2) is 30.7 Å². The number of aromatic nitrogens is 4. The Labute approximate surface area is 204 Å². The SMILES string of the molecule is Cc1cc(C(C)Nc2ccc(Cl)nc2C(=O)O)c2oc(-c3cnn4cccnc34)c(C)c(=O)c2c1. The van der Waals surface area contributed by atoms with E-state index in [1.54, 1.807) is 48.2 Å². The van der Waals surface area contributed by atoms with Gasteiger partial charge in [0, 0.05) is 23.5 Å². The Balaban J connectivity index is 1.69. The largest absolute Gasteiger partial charge is 0.476 e. The summed E-state index contributed by atoms with van der Waals surface area (Å²) in [6, 6.07) is 8.09. The topological polar surface area (TPSA) is 123 Å². The molecule has 1 aromatic carbocycles. The lowest BCUT2D eigenvalue weighted by Crippen LogP contribution is -2.14. The first-order valence-corrected chi connectivity index (χ1v) is 11.2. The van der Waals surface area contributed by atoms with Gasteiger partial charge in [0.1, 0.15) is 16.5 Å². The van der Waals surface area contributed by atoms with E-state index in [0.29, 0.717) is 44.8 Å². The number of nitrogens with one attached hydrogen (secondary N) is 1. The number of carboxylic acid groups (broad SMARTS) is 1. The smallest absolute Gasteiger partial charge is 0.356 e. The maximum absolute atomic E-state index is 13.4. The molecule has 2 N–H and O–H groups in total. The molecule has 0 amide bonds. The highest BCUT2D eigenvalue weighted by atomic mass is 35.5. The summed E-state index contributed by atoms with van der Waals surface area (Å²) in [5, 5.41) is 17.6. The van der Waals surface area contributed by atoms with Gasteiger partial charge < -0.3 is 14.8 Å². The Kier molecular flexibility index (Phi) is 5.49. The number of carboxylic acids is 1. The van der Waals surface area contributed by atoms with Gasteiger partial charge in [-0.1, -0.05) is 17.7 Å². The number of halogens is 1. The molecule has 1 atom stereocenters. The Hall–Kier alpha value is -4.24. The maximum Gasteiger partial charge on any atom is 0.356 e. The molecule has 4 heterocycles. The van der Waals surface area contributed by atoms with Crippen molar-refractivity contribution in [2.75, 3.05) is 5.32 Å². The van der Waals surface area contributed by atoms with E-state index in [9.17, 15) is 14.7 Å². The van der Waals surface area contributed by atoms with Crippen LogP contribution >= 0.6 is 11.6 Å². The summed E-state index contributed by atoms with van der Waals surface area (Å²) in [6.07, 6.45) is 5.03. The lowest BCUT2D eigenvalue weighted by molar-refractivity contribution is 0.0691. The zero-order valence-electron chi connectivity index (χ0n) is 19.0. The number of aromatic carboxylic acids is 1. The molecule has 0 saturated carbocycles. The molecule has 0 aliphatic rings. The molecule has 1 unspecified atom stereocenters. The van der Waals surface area contributed by atoms with Crippen molar-refractivity contribution in [3.8, 4) is 11.3 Å². The Morgan fingerprint density at radius 2 is 2.06 bits per heavy atom. The van der Waals surface area contributed by atoms with E-state index in [0.717, 1.165) is 5.56 Å². The summed E-state index contributed by atoms with van der Waals surface area (Å²) in [5.41, 5.74) is 3.51. The first kappa shape index (κ1) is 22.5. The van der Waals surface area contributed by atoms with Crippen LogP contribution in [0.25, 0.3) is 27.9 Å². The van der Waals surface area contributed by atoms with Gasteiger partial charge in [-0.25, -0.2) is 19.3 Å². The van der Waals surface area contributed by atoms with Gasteiger partial charge in [-0.15, -0.1) is 0 Å². The quantitative estimate of drug-likeness (QED) is 0.329. The standard InChI is InChI=1S/C25H20ClN5O4/c1-12-9-15(14(3)29-18-5-6-19(26)30-20(18)25(33)34)23-16(10-12)21(32)13(2)22(35-23)17-11-28-31-8-4-7-27-24(17)31/h4-11,14,29H,1-3H3,(H,33,34). The highest BCUT2D eigenvalue weighted by molar-refractivity contribution is 6.29. The highest BCUT2D eigenvalue weighted by Gasteiger charge is 2.22. The fraction of sp³-hybridized carbons (Fsp3) is 0.160. The van der Waals surface area contributed by atoms with E-state index in [1.165, 1.54) is 6.07 Å². The minimum atomic E-state index is -1.21. The third-order valence-corrected chi connectivity index (χ3v) is 6.03. The number of hydrogen-bond donors (Lipinski definition) is 2. The second-order valence-electron chi connectivity index (χ2n) is 8.26. The molecule has 0 spiro atoms. The monoisotopic (exact) mass is 489 g/mol. The number of fused-ring (bicyclic) bond motifs is 2. The fourth-order valence-corrected chi connectivity index (χ4v) is 4.31. The second-order valence-corrected chi connectivity index (χ2v) is 8.65. The van der Waals surface area contributed by atoms with Gasteiger partial charge in [-0.3, -0.25) is 4.79 Å². The number of anilines is 1. The van der Waals surface area contributed by atoms with E-state index in [-0.39, 0.29) is 16.3 Å². The zero-order valence-corrected chi connectivity index (χ0v) is 19.8. The van der Waals surface area contributed by atoms with E-state index >= 15 is 0 Å². The van der Waals surface area contributed by atoms with Crippen LogP contribution in [0.2, 0.25) is 5.15 Å². The van der Waals surface area contributed by atoms with Gasteiger partial charge in [0.05, 0.1) is 28.9 Å². The van der Waals surface area contributed by atoms with Crippen molar-refractivity contribution in [2.45, 2.75) is 26.8 Å². The molecule has 0 bridgehead atoms.